The van der Waals surface area contributed by atoms with Crippen LogP contribution in [0.3, 0.4) is 0 Å². The minimum absolute atomic E-state index is 0.117. The summed E-state index contributed by atoms with van der Waals surface area (Å²) in [6, 6.07) is 3.46. The third kappa shape index (κ3) is 4.68. The molecule has 0 aliphatic carbocycles. The maximum absolute atomic E-state index is 12.8. The van der Waals surface area contributed by atoms with Gasteiger partial charge in [-0.2, -0.15) is 0 Å². The number of nitrogens with one attached hydrogen (secondary N) is 1. The number of carbonyl (C=O) groups is 3. The molecule has 0 spiro atoms. The van der Waals surface area contributed by atoms with E-state index in [2.05, 4.69) is 5.32 Å². The lowest BCUT2D eigenvalue weighted by atomic mass is 9.95. The van der Waals surface area contributed by atoms with Crippen molar-refractivity contribution in [3.05, 3.63) is 33.7 Å². The zero-order valence-electron chi connectivity index (χ0n) is 18.2. The largest absolute Gasteiger partial charge is 0.493 e. The number of methoxy groups -OCH3 is 2. The molecule has 2 aromatic rings. The lowest BCUT2D eigenvalue weighted by Gasteiger charge is -2.31. The molecule has 1 aromatic heterocycles. The van der Waals surface area contributed by atoms with Gasteiger partial charge in [-0.3, -0.25) is 14.4 Å². The highest BCUT2D eigenvalue weighted by molar-refractivity contribution is 5.90. The van der Waals surface area contributed by atoms with Gasteiger partial charge in [0.1, 0.15) is 6.54 Å². The molecule has 0 atom stereocenters. The molecule has 10 nitrogen and oxygen atoms in total. The second-order valence-electron chi connectivity index (χ2n) is 7.61. The van der Waals surface area contributed by atoms with Crippen LogP contribution in [-0.2, 0) is 20.8 Å². The fourth-order valence-corrected chi connectivity index (χ4v) is 3.93. The van der Waals surface area contributed by atoms with Crippen LogP contribution in [0.5, 0.6) is 11.5 Å². The topological polar surface area (TPSA) is 135 Å². The van der Waals surface area contributed by atoms with Crippen molar-refractivity contribution in [3.63, 3.8) is 0 Å². The van der Waals surface area contributed by atoms with Crippen LogP contribution >= 0.6 is 0 Å². The summed E-state index contributed by atoms with van der Waals surface area (Å²) in [4.78, 5) is 49.8. The highest BCUT2D eigenvalue weighted by atomic mass is 16.5. The molecule has 3 rings (SSSR count). The number of carboxylic acids is 1. The van der Waals surface area contributed by atoms with Crippen LogP contribution in [0, 0.1) is 12.8 Å². The Hall–Kier alpha value is -3.56. The predicted octanol–water partition coefficient (Wildman–Crippen LogP) is 1.10. The summed E-state index contributed by atoms with van der Waals surface area (Å²) in [5.74, 6) is -1.26. The molecule has 2 heterocycles. The summed E-state index contributed by atoms with van der Waals surface area (Å²) in [7, 11) is 2.94. The Balaban J connectivity index is 1.73. The fourth-order valence-electron chi connectivity index (χ4n) is 3.93. The van der Waals surface area contributed by atoms with Gasteiger partial charge < -0.3 is 29.2 Å². The van der Waals surface area contributed by atoms with Gasteiger partial charge >= 0.3 is 11.6 Å². The van der Waals surface area contributed by atoms with Gasteiger partial charge in [0, 0.05) is 24.4 Å². The van der Waals surface area contributed by atoms with Crippen molar-refractivity contribution < 1.29 is 33.4 Å². The van der Waals surface area contributed by atoms with Crippen LogP contribution in [0.2, 0.25) is 0 Å². The number of nitrogens with zero attached hydrogens (tertiary/aromatic N) is 1. The van der Waals surface area contributed by atoms with E-state index >= 15 is 0 Å². The van der Waals surface area contributed by atoms with Gasteiger partial charge in [-0.1, -0.05) is 0 Å². The van der Waals surface area contributed by atoms with E-state index in [4.69, 9.17) is 19.0 Å². The van der Waals surface area contributed by atoms with Crippen molar-refractivity contribution in [2.45, 2.75) is 26.2 Å². The van der Waals surface area contributed by atoms with Crippen molar-refractivity contribution in [2.24, 2.45) is 5.92 Å². The molecule has 32 heavy (non-hydrogen) atoms. The highest BCUT2D eigenvalue weighted by Crippen LogP contribution is 2.36. The van der Waals surface area contributed by atoms with E-state index in [1.54, 1.807) is 24.0 Å². The normalized spacial score (nSPS) is 14.3. The number of hydrogen-bond donors (Lipinski definition) is 2. The van der Waals surface area contributed by atoms with Crippen molar-refractivity contribution in [3.8, 4) is 11.5 Å². The molecule has 0 radical (unpaired) electrons. The van der Waals surface area contributed by atoms with Gasteiger partial charge in [0.15, 0.2) is 11.3 Å². The number of ether oxygens (including phenoxy) is 2. The summed E-state index contributed by atoms with van der Waals surface area (Å²) in [5, 5.41) is 11.7. The molecule has 2 amide bonds. The van der Waals surface area contributed by atoms with Crippen molar-refractivity contribution in [1.29, 1.82) is 0 Å². The minimum Gasteiger partial charge on any atom is -0.493 e. The second-order valence-corrected chi connectivity index (χ2v) is 7.61. The van der Waals surface area contributed by atoms with Crippen LogP contribution in [-0.4, -0.2) is 61.6 Å². The number of aryl methyl sites for hydroxylation is 1. The summed E-state index contributed by atoms with van der Waals surface area (Å²) in [6.45, 7) is 2.04. The van der Waals surface area contributed by atoms with Gasteiger partial charge in [0.2, 0.25) is 17.6 Å². The van der Waals surface area contributed by atoms with E-state index < -0.39 is 18.1 Å². The van der Waals surface area contributed by atoms with E-state index in [9.17, 15) is 19.2 Å². The summed E-state index contributed by atoms with van der Waals surface area (Å²) in [6.07, 6.45) is 0.743. The van der Waals surface area contributed by atoms with E-state index in [0.29, 0.717) is 48.4 Å². The maximum atomic E-state index is 12.8. The van der Waals surface area contributed by atoms with Gasteiger partial charge in [-0.05, 0) is 37.5 Å². The van der Waals surface area contributed by atoms with Crippen LogP contribution in [0.4, 0.5) is 0 Å². The second kappa shape index (κ2) is 9.71. The molecular weight excluding hydrogens is 420 g/mol. The molecule has 1 fully saturated rings. The summed E-state index contributed by atoms with van der Waals surface area (Å²) >= 11 is 0. The average Bonchev–Trinajstić information content (AvgIpc) is 2.79. The van der Waals surface area contributed by atoms with E-state index in [0.717, 1.165) is 0 Å². The highest BCUT2D eigenvalue weighted by Gasteiger charge is 2.28. The third-order valence-electron chi connectivity index (χ3n) is 5.76. The number of carboxylic acid groups (broad SMARTS) is 1. The van der Waals surface area contributed by atoms with E-state index in [1.165, 1.54) is 14.2 Å². The predicted molar refractivity (Wildman–Crippen MR) is 114 cm³/mol. The first-order valence-electron chi connectivity index (χ1n) is 10.2. The first-order chi connectivity index (χ1) is 15.3. The Morgan fingerprint density at radius 2 is 1.88 bits per heavy atom. The Morgan fingerprint density at radius 3 is 2.47 bits per heavy atom. The SMILES string of the molecule is COc1ccc2c(C)c(CC(=O)N3CCC(C(=O)NCC(=O)O)CC3)c(=O)oc2c1OC. The van der Waals surface area contributed by atoms with Gasteiger partial charge in [0.25, 0.3) is 0 Å². The Kier molecular flexibility index (Phi) is 7.01. The van der Waals surface area contributed by atoms with Gasteiger partial charge in [-0.15, -0.1) is 0 Å². The van der Waals surface area contributed by atoms with Crippen LogP contribution in [0.25, 0.3) is 11.0 Å². The first kappa shape index (κ1) is 23.1. The smallest absolute Gasteiger partial charge is 0.340 e. The number of piperidine rings is 1. The lowest BCUT2D eigenvalue weighted by Crippen LogP contribution is -2.44. The molecule has 0 bridgehead atoms. The number of likely N-dealkylation sites (tertiary alicyclic amines) is 1. The molecule has 1 saturated heterocycles. The molecule has 0 saturated carbocycles. The zero-order valence-corrected chi connectivity index (χ0v) is 18.2. The molecule has 1 aliphatic rings. The molecule has 2 N–H and O–H groups in total. The lowest BCUT2D eigenvalue weighted by molar-refractivity contribution is -0.139. The quantitative estimate of drug-likeness (QED) is 0.604. The number of hydrogen-bond acceptors (Lipinski definition) is 7. The number of aliphatic carboxylic acids is 1. The molecule has 0 unspecified atom stereocenters. The van der Waals surface area contributed by atoms with Crippen molar-refractivity contribution >= 4 is 28.8 Å². The van der Waals surface area contributed by atoms with Crippen LogP contribution in [0.1, 0.15) is 24.0 Å². The monoisotopic (exact) mass is 446 g/mol. The van der Waals surface area contributed by atoms with Gasteiger partial charge in [0.05, 0.1) is 26.2 Å². The Bertz CT molecular complexity index is 1100. The van der Waals surface area contributed by atoms with E-state index in [1.807, 2.05) is 0 Å². The Morgan fingerprint density at radius 1 is 1.19 bits per heavy atom. The van der Waals surface area contributed by atoms with Crippen molar-refractivity contribution in [2.75, 3.05) is 33.9 Å². The molecule has 172 valence electrons. The molecule has 1 aliphatic heterocycles. The van der Waals surface area contributed by atoms with Gasteiger partial charge in [-0.25, -0.2) is 4.79 Å². The summed E-state index contributed by atoms with van der Waals surface area (Å²) in [5.41, 5.74) is 0.557. The third-order valence-corrected chi connectivity index (χ3v) is 5.76. The summed E-state index contributed by atoms with van der Waals surface area (Å²) < 4.78 is 16.1. The van der Waals surface area contributed by atoms with Crippen molar-refractivity contribution in [1.82, 2.24) is 10.2 Å². The number of rotatable bonds is 7. The number of carbonyl (C=O) groups excluding carboxylic acids is 2. The minimum atomic E-state index is -1.10. The van der Waals surface area contributed by atoms with Crippen LogP contribution in [0.15, 0.2) is 21.3 Å². The first-order valence-corrected chi connectivity index (χ1v) is 10.2. The zero-order chi connectivity index (χ0) is 23.4. The number of fused-ring (bicyclic) bond motifs is 1. The Labute approximate surface area is 184 Å². The average molecular weight is 446 g/mol. The van der Waals surface area contributed by atoms with E-state index in [-0.39, 0.29) is 35.3 Å². The molecule has 10 heteroatoms. The number of amides is 2. The number of benzene rings is 1. The molecular formula is C22H26N2O8. The molecule has 1 aromatic carbocycles. The fraction of sp³-hybridized carbons (Fsp3) is 0.455. The maximum Gasteiger partial charge on any atom is 0.340 e. The standard InChI is InChI=1S/C22H26N2O8/c1-12-14-4-5-16(30-2)20(31-3)19(14)32-22(29)15(12)10-17(25)24-8-6-13(7-9-24)21(28)23-11-18(26)27/h4-5,13H,6-11H2,1-3H3,(H,23,28)(H,26,27). The van der Waals surface area contributed by atoms with Crippen LogP contribution < -0.4 is 20.4 Å².